The molecule has 3 heteroatoms. The van der Waals surface area contributed by atoms with Crippen molar-refractivity contribution in [2.75, 3.05) is 0 Å². The fourth-order valence-electron chi connectivity index (χ4n) is 0.239. The Morgan fingerprint density at radius 1 is 1.22 bits per heavy atom. The molecule has 0 amide bonds. The van der Waals surface area contributed by atoms with Crippen molar-refractivity contribution in [2.24, 2.45) is 0 Å². The van der Waals surface area contributed by atoms with Gasteiger partial charge in [0.1, 0.15) is 0 Å². The van der Waals surface area contributed by atoms with Crippen molar-refractivity contribution >= 4 is 17.9 Å². The molecule has 0 N–H and O–H groups in total. The number of hydrogen-bond acceptors (Lipinski definition) is 3. The number of rotatable bonds is 3. The summed E-state index contributed by atoms with van der Waals surface area (Å²) in [6, 6.07) is 0. The Kier molecular flexibility index (Phi) is 3.20. The zero-order chi connectivity index (χ0) is 7.28. The Morgan fingerprint density at radius 3 is 2.11 bits per heavy atom. The van der Waals surface area contributed by atoms with Crippen LogP contribution >= 0.6 is 0 Å². The number of carbonyl (C=O) groups excluding carboxylic acids is 3. The lowest BCUT2D eigenvalue weighted by atomic mass is 10.3. The summed E-state index contributed by atoms with van der Waals surface area (Å²) in [4.78, 5) is 29.8. The molecule has 9 heavy (non-hydrogen) atoms. The Balaban J connectivity index is 3.85. The summed E-state index contributed by atoms with van der Waals surface area (Å²) >= 11 is 0. The van der Waals surface area contributed by atoms with Crippen LogP contribution in [0.25, 0.3) is 0 Å². The molecule has 0 aromatic rings. The Morgan fingerprint density at radius 2 is 1.78 bits per heavy atom. The monoisotopic (exact) mass is 126 g/mol. The van der Waals surface area contributed by atoms with Gasteiger partial charge in [0, 0.05) is 0 Å². The minimum absolute atomic E-state index is 0.152. The predicted octanol–water partition coefficient (Wildman–Crippen LogP) is -0.100. The summed E-state index contributed by atoms with van der Waals surface area (Å²) in [6.07, 6.45) is 2.14. The Hall–Kier alpha value is -1.25. The van der Waals surface area contributed by atoms with Crippen LogP contribution in [0.15, 0.2) is 12.2 Å². The second kappa shape index (κ2) is 3.72. The van der Waals surface area contributed by atoms with E-state index < -0.39 is 5.78 Å². The third kappa shape index (κ3) is 4.61. The topological polar surface area (TPSA) is 51.2 Å². The van der Waals surface area contributed by atoms with Gasteiger partial charge in [0.2, 0.25) is 5.78 Å². The van der Waals surface area contributed by atoms with E-state index in [1.54, 1.807) is 0 Å². The molecule has 0 aliphatic heterocycles. The molecule has 0 saturated carbocycles. The van der Waals surface area contributed by atoms with E-state index in [4.69, 9.17) is 0 Å². The summed E-state index contributed by atoms with van der Waals surface area (Å²) in [5.41, 5.74) is 0. The number of carbonyl (C=O) groups is 3. The first-order valence-corrected chi connectivity index (χ1v) is 2.34. The molecule has 0 spiro atoms. The molecule has 0 aliphatic rings. The molecular weight excluding hydrogens is 120 g/mol. The number of aldehydes is 1. The number of hydrogen-bond donors (Lipinski definition) is 0. The zero-order valence-electron chi connectivity index (χ0n) is 4.96. The molecule has 0 fully saturated rings. The van der Waals surface area contributed by atoms with Gasteiger partial charge in [-0.05, 0) is 19.1 Å². The SMILES string of the molecule is CC(=O)/C=C/C(=O)C=O. The van der Waals surface area contributed by atoms with Crippen molar-refractivity contribution in [3.05, 3.63) is 12.2 Å². The second-order valence-electron chi connectivity index (χ2n) is 1.46. The van der Waals surface area contributed by atoms with E-state index in [-0.39, 0.29) is 12.1 Å². The van der Waals surface area contributed by atoms with Gasteiger partial charge in [-0.2, -0.15) is 0 Å². The van der Waals surface area contributed by atoms with Crippen molar-refractivity contribution < 1.29 is 14.4 Å². The van der Waals surface area contributed by atoms with Gasteiger partial charge in [-0.1, -0.05) is 0 Å². The predicted molar refractivity (Wildman–Crippen MR) is 30.9 cm³/mol. The van der Waals surface area contributed by atoms with Gasteiger partial charge >= 0.3 is 0 Å². The summed E-state index contributed by atoms with van der Waals surface area (Å²) in [5, 5.41) is 0. The van der Waals surface area contributed by atoms with Crippen LogP contribution in [0.3, 0.4) is 0 Å². The van der Waals surface area contributed by atoms with Crippen LogP contribution in [0, 0.1) is 0 Å². The highest BCUT2D eigenvalue weighted by molar-refractivity contribution is 6.31. The standard InChI is InChI=1S/C6H6O3/c1-5(8)2-3-6(9)4-7/h2-4H,1H3/b3-2+. The third-order valence-electron chi connectivity index (χ3n) is 0.598. The van der Waals surface area contributed by atoms with Crippen molar-refractivity contribution in [1.82, 2.24) is 0 Å². The second-order valence-corrected chi connectivity index (χ2v) is 1.46. The molecule has 0 atom stereocenters. The average molecular weight is 126 g/mol. The lowest BCUT2D eigenvalue weighted by Gasteiger charge is -1.74. The number of allylic oxidation sites excluding steroid dienone is 2. The smallest absolute Gasteiger partial charge is 0.218 e. The van der Waals surface area contributed by atoms with E-state index in [1.807, 2.05) is 0 Å². The highest BCUT2D eigenvalue weighted by Gasteiger charge is 1.89. The van der Waals surface area contributed by atoms with Gasteiger partial charge in [-0.3, -0.25) is 14.4 Å². The summed E-state index contributed by atoms with van der Waals surface area (Å²) in [7, 11) is 0. The summed E-state index contributed by atoms with van der Waals surface area (Å²) in [5.74, 6) is -0.935. The molecule has 0 heterocycles. The molecule has 0 saturated heterocycles. The normalized spacial score (nSPS) is 9.44. The fourth-order valence-corrected chi connectivity index (χ4v) is 0.239. The lowest BCUT2D eigenvalue weighted by molar-refractivity contribution is -0.126. The van der Waals surface area contributed by atoms with E-state index in [1.165, 1.54) is 6.92 Å². The van der Waals surface area contributed by atoms with Gasteiger partial charge in [0.25, 0.3) is 0 Å². The summed E-state index contributed by atoms with van der Waals surface area (Å²) < 4.78 is 0. The third-order valence-corrected chi connectivity index (χ3v) is 0.598. The fraction of sp³-hybridized carbons (Fsp3) is 0.167. The molecular formula is C6H6O3. The Bertz CT molecular complexity index is 167. The number of ketones is 2. The molecule has 0 rings (SSSR count). The minimum Gasteiger partial charge on any atom is -0.295 e. The van der Waals surface area contributed by atoms with Gasteiger partial charge in [-0.25, -0.2) is 0 Å². The van der Waals surface area contributed by atoms with Gasteiger partial charge in [0.15, 0.2) is 12.1 Å². The maximum Gasteiger partial charge on any atom is 0.218 e. The van der Waals surface area contributed by atoms with Crippen LogP contribution in [0.5, 0.6) is 0 Å². The van der Waals surface area contributed by atoms with E-state index in [0.29, 0.717) is 0 Å². The maximum absolute atomic E-state index is 10.1. The van der Waals surface area contributed by atoms with Crippen LogP contribution in [-0.2, 0) is 14.4 Å². The molecule has 0 radical (unpaired) electrons. The van der Waals surface area contributed by atoms with Crippen LogP contribution < -0.4 is 0 Å². The van der Waals surface area contributed by atoms with Crippen molar-refractivity contribution in [2.45, 2.75) is 6.92 Å². The Labute approximate surface area is 52.4 Å². The zero-order valence-corrected chi connectivity index (χ0v) is 4.96. The van der Waals surface area contributed by atoms with E-state index in [0.717, 1.165) is 12.2 Å². The van der Waals surface area contributed by atoms with Gasteiger partial charge in [-0.15, -0.1) is 0 Å². The van der Waals surface area contributed by atoms with Crippen LogP contribution in [0.4, 0.5) is 0 Å². The van der Waals surface area contributed by atoms with Crippen LogP contribution in [0.1, 0.15) is 6.92 Å². The highest BCUT2D eigenvalue weighted by atomic mass is 16.2. The van der Waals surface area contributed by atoms with Crippen molar-refractivity contribution in [3.63, 3.8) is 0 Å². The van der Waals surface area contributed by atoms with E-state index in [9.17, 15) is 14.4 Å². The highest BCUT2D eigenvalue weighted by Crippen LogP contribution is 1.74. The van der Waals surface area contributed by atoms with E-state index >= 15 is 0 Å². The van der Waals surface area contributed by atoms with Gasteiger partial charge in [0.05, 0.1) is 0 Å². The van der Waals surface area contributed by atoms with Gasteiger partial charge < -0.3 is 0 Å². The molecule has 0 unspecified atom stereocenters. The first kappa shape index (κ1) is 7.75. The quantitative estimate of drug-likeness (QED) is 0.301. The molecule has 3 nitrogen and oxygen atoms in total. The minimum atomic E-state index is -0.690. The van der Waals surface area contributed by atoms with Crippen molar-refractivity contribution in [3.8, 4) is 0 Å². The molecule has 0 aromatic heterocycles. The molecule has 48 valence electrons. The van der Waals surface area contributed by atoms with Crippen molar-refractivity contribution in [1.29, 1.82) is 0 Å². The van der Waals surface area contributed by atoms with Crippen LogP contribution in [0.2, 0.25) is 0 Å². The van der Waals surface area contributed by atoms with Crippen LogP contribution in [-0.4, -0.2) is 17.9 Å². The first-order valence-electron chi connectivity index (χ1n) is 2.34. The lowest BCUT2D eigenvalue weighted by Crippen LogP contribution is -1.93. The van der Waals surface area contributed by atoms with E-state index in [2.05, 4.69) is 0 Å². The maximum atomic E-state index is 10.1. The first-order chi connectivity index (χ1) is 4.16. The summed E-state index contributed by atoms with van der Waals surface area (Å²) in [6.45, 7) is 1.30. The average Bonchev–Trinajstić information content (AvgIpc) is 1.83. The molecule has 0 aliphatic carbocycles. The molecule has 0 aromatic carbocycles. The molecule has 0 bridgehead atoms. The largest absolute Gasteiger partial charge is 0.295 e.